The van der Waals surface area contributed by atoms with E-state index in [1.807, 2.05) is 0 Å². The Kier molecular flexibility index (Phi) is 9.81. The zero-order valence-corrected chi connectivity index (χ0v) is 12.0. The van der Waals surface area contributed by atoms with Crippen LogP contribution in [-0.2, 0) is 4.79 Å². The zero-order chi connectivity index (χ0) is 13.1. The highest BCUT2D eigenvalue weighted by Gasteiger charge is 2.02. The summed E-state index contributed by atoms with van der Waals surface area (Å²) in [7, 11) is 1.65. The summed E-state index contributed by atoms with van der Waals surface area (Å²) in [6, 6.07) is 0. The Morgan fingerprint density at radius 3 is 2.35 bits per heavy atom. The third-order valence-corrected chi connectivity index (χ3v) is 2.79. The number of rotatable bonds is 7. The minimum atomic E-state index is -0.0614. The third-order valence-electron chi connectivity index (χ3n) is 2.56. The third kappa shape index (κ3) is 10.1. The summed E-state index contributed by atoms with van der Waals surface area (Å²) in [6.45, 7) is 4.57. The Balaban J connectivity index is 3.36. The molecule has 0 aromatic heterocycles. The van der Waals surface area contributed by atoms with E-state index in [2.05, 4.69) is 17.7 Å². The lowest BCUT2D eigenvalue weighted by atomic mass is 10.1. The number of thiocarbonyl (C=S) groups is 1. The second-order valence-electron chi connectivity index (χ2n) is 4.21. The first-order valence-electron chi connectivity index (χ1n) is 6.36. The Bertz CT molecular complexity index is 234. The van der Waals surface area contributed by atoms with Gasteiger partial charge in [0, 0.05) is 20.5 Å². The minimum Gasteiger partial charge on any atom is -0.361 e. The van der Waals surface area contributed by atoms with E-state index >= 15 is 0 Å². The average molecular weight is 259 g/mol. The molecule has 0 heterocycles. The molecule has 100 valence electrons. The quantitative estimate of drug-likeness (QED) is 0.418. The van der Waals surface area contributed by atoms with Crippen LogP contribution in [0.1, 0.15) is 52.4 Å². The van der Waals surface area contributed by atoms with Crippen LogP contribution < -0.4 is 10.7 Å². The molecule has 0 aromatic rings. The molecule has 1 amide bonds. The van der Waals surface area contributed by atoms with Crippen molar-refractivity contribution in [2.24, 2.45) is 0 Å². The molecule has 0 spiro atoms. The van der Waals surface area contributed by atoms with E-state index in [1.165, 1.54) is 44.0 Å². The number of hydrazine groups is 1. The molecule has 0 unspecified atom stereocenters. The molecule has 4 nitrogen and oxygen atoms in total. The number of unbranched alkanes of at least 4 members (excludes halogenated alkanes) is 5. The van der Waals surface area contributed by atoms with E-state index in [1.54, 1.807) is 7.05 Å². The molecule has 0 aliphatic heterocycles. The summed E-state index contributed by atoms with van der Waals surface area (Å²) < 4.78 is 0. The number of amides is 1. The van der Waals surface area contributed by atoms with E-state index in [4.69, 9.17) is 12.2 Å². The van der Waals surface area contributed by atoms with Crippen LogP contribution in [0.5, 0.6) is 0 Å². The topological polar surface area (TPSA) is 44.4 Å². The van der Waals surface area contributed by atoms with E-state index in [0.29, 0.717) is 5.11 Å². The highest BCUT2D eigenvalue weighted by atomic mass is 32.1. The molecule has 0 aliphatic rings. The van der Waals surface area contributed by atoms with Gasteiger partial charge in [-0.05, 0) is 18.6 Å². The number of nitrogens with zero attached hydrogens (tertiary/aromatic N) is 1. The Morgan fingerprint density at radius 2 is 1.76 bits per heavy atom. The molecule has 0 bridgehead atoms. The Morgan fingerprint density at radius 1 is 1.18 bits per heavy atom. The first-order valence-corrected chi connectivity index (χ1v) is 6.77. The standard InChI is InChI=1S/C12H25N3OS/c1-4-5-6-7-8-9-10-13-12(17)14-15(3)11(2)16/h4-10H2,1-3H3,(H2,13,14,17). The maximum Gasteiger partial charge on any atom is 0.237 e. The zero-order valence-electron chi connectivity index (χ0n) is 11.2. The van der Waals surface area contributed by atoms with Gasteiger partial charge in [0.15, 0.2) is 5.11 Å². The van der Waals surface area contributed by atoms with Crippen molar-refractivity contribution in [1.82, 2.24) is 15.8 Å². The highest BCUT2D eigenvalue weighted by Crippen LogP contribution is 2.03. The van der Waals surface area contributed by atoms with Gasteiger partial charge in [0.1, 0.15) is 0 Å². The van der Waals surface area contributed by atoms with Crippen molar-refractivity contribution in [3.05, 3.63) is 0 Å². The minimum absolute atomic E-state index is 0.0614. The first-order chi connectivity index (χ1) is 8.07. The largest absolute Gasteiger partial charge is 0.361 e. The van der Waals surface area contributed by atoms with Gasteiger partial charge in [-0.25, -0.2) is 0 Å². The average Bonchev–Trinajstić information content (AvgIpc) is 2.27. The van der Waals surface area contributed by atoms with Crippen LogP contribution in [0.3, 0.4) is 0 Å². The summed E-state index contributed by atoms with van der Waals surface area (Å²) in [5.74, 6) is -0.0614. The van der Waals surface area contributed by atoms with Gasteiger partial charge in [-0.15, -0.1) is 0 Å². The molecule has 0 fully saturated rings. The molecule has 0 saturated carbocycles. The van der Waals surface area contributed by atoms with Crippen LogP contribution in [0.2, 0.25) is 0 Å². The number of nitrogens with one attached hydrogen (secondary N) is 2. The van der Waals surface area contributed by atoms with Gasteiger partial charge in [-0.1, -0.05) is 39.0 Å². The summed E-state index contributed by atoms with van der Waals surface area (Å²) in [5.41, 5.74) is 2.79. The normalized spacial score (nSPS) is 9.82. The fraction of sp³-hybridized carbons (Fsp3) is 0.833. The highest BCUT2D eigenvalue weighted by molar-refractivity contribution is 7.80. The van der Waals surface area contributed by atoms with Crippen LogP contribution in [-0.4, -0.2) is 29.6 Å². The van der Waals surface area contributed by atoms with E-state index < -0.39 is 0 Å². The van der Waals surface area contributed by atoms with Crippen LogP contribution >= 0.6 is 12.2 Å². The monoisotopic (exact) mass is 259 g/mol. The summed E-state index contributed by atoms with van der Waals surface area (Å²) >= 11 is 5.05. The lowest BCUT2D eigenvalue weighted by Crippen LogP contribution is -2.47. The van der Waals surface area contributed by atoms with Gasteiger partial charge < -0.3 is 5.32 Å². The molecule has 0 atom stereocenters. The van der Waals surface area contributed by atoms with E-state index in [9.17, 15) is 4.79 Å². The SMILES string of the molecule is CCCCCCCCNC(=S)NN(C)C(C)=O. The van der Waals surface area contributed by atoms with Crippen molar-refractivity contribution in [1.29, 1.82) is 0 Å². The summed E-state index contributed by atoms with van der Waals surface area (Å²) in [5, 5.41) is 4.97. The molecule has 0 radical (unpaired) electrons. The van der Waals surface area contributed by atoms with Crippen molar-refractivity contribution in [3.63, 3.8) is 0 Å². The lowest BCUT2D eigenvalue weighted by molar-refractivity contribution is -0.129. The molecule has 0 aromatic carbocycles. The first kappa shape index (κ1) is 16.2. The maximum absolute atomic E-state index is 10.9. The number of carbonyl (C=O) groups excluding carboxylic acids is 1. The smallest absolute Gasteiger partial charge is 0.237 e. The number of carbonyl (C=O) groups is 1. The second kappa shape index (κ2) is 10.3. The van der Waals surface area contributed by atoms with Gasteiger partial charge in [0.05, 0.1) is 0 Å². The van der Waals surface area contributed by atoms with E-state index in [-0.39, 0.29) is 5.91 Å². The van der Waals surface area contributed by atoms with Crippen molar-refractivity contribution in [3.8, 4) is 0 Å². The lowest BCUT2D eigenvalue weighted by Gasteiger charge is -2.18. The molecule has 0 rings (SSSR count). The molecular weight excluding hydrogens is 234 g/mol. The molecule has 0 saturated heterocycles. The van der Waals surface area contributed by atoms with Crippen molar-refractivity contribution in [2.75, 3.05) is 13.6 Å². The van der Waals surface area contributed by atoms with Crippen LogP contribution in [0.4, 0.5) is 0 Å². The van der Waals surface area contributed by atoms with Gasteiger partial charge in [-0.2, -0.15) is 0 Å². The van der Waals surface area contributed by atoms with E-state index in [0.717, 1.165) is 13.0 Å². The van der Waals surface area contributed by atoms with Gasteiger partial charge in [0.25, 0.3) is 0 Å². The van der Waals surface area contributed by atoms with Gasteiger partial charge >= 0.3 is 0 Å². The molecule has 5 heteroatoms. The maximum atomic E-state index is 10.9. The van der Waals surface area contributed by atoms with Crippen molar-refractivity contribution in [2.45, 2.75) is 52.4 Å². The van der Waals surface area contributed by atoms with Crippen LogP contribution in [0, 0.1) is 0 Å². The molecule has 0 aliphatic carbocycles. The fourth-order valence-electron chi connectivity index (χ4n) is 1.38. The van der Waals surface area contributed by atoms with Gasteiger partial charge in [0.2, 0.25) is 5.91 Å². The Labute approximate surface area is 110 Å². The Hall–Kier alpha value is -0.840. The van der Waals surface area contributed by atoms with Crippen LogP contribution in [0.25, 0.3) is 0 Å². The molecule has 17 heavy (non-hydrogen) atoms. The van der Waals surface area contributed by atoms with Crippen molar-refractivity contribution < 1.29 is 4.79 Å². The predicted octanol–water partition coefficient (Wildman–Crippen LogP) is 2.20. The van der Waals surface area contributed by atoms with Crippen LogP contribution in [0.15, 0.2) is 0 Å². The van der Waals surface area contributed by atoms with Gasteiger partial charge in [-0.3, -0.25) is 15.2 Å². The fourth-order valence-corrected chi connectivity index (χ4v) is 1.62. The van der Waals surface area contributed by atoms with Crippen molar-refractivity contribution >= 4 is 23.2 Å². The number of hydrogen-bond donors (Lipinski definition) is 2. The molecule has 2 N–H and O–H groups in total. The number of hydrogen-bond acceptors (Lipinski definition) is 2. The second-order valence-corrected chi connectivity index (χ2v) is 4.62. The molecular formula is C12H25N3OS. The predicted molar refractivity (Wildman–Crippen MR) is 75.6 cm³/mol. The summed E-state index contributed by atoms with van der Waals surface area (Å²) in [4.78, 5) is 10.9. The summed E-state index contributed by atoms with van der Waals surface area (Å²) in [6.07, 6.45) is 7.59.